The highest BCUT2D eigenvalue weighted by atomic mass is 32.1. The Bertz CT molecular complexity index is 441. The molecule has 1 saturated heterocycles. The second-order valence-electron chi connectivity index (χ2n) is 5.82. The van der Waals surface area contributed by atoms with Crippen molar-refractivity contribution in [2.45, 2.75) is 59.3 Å². The molecule has 0 aliphatic carbocycles. The van der Waals surface area contributed by atoms with Crippen LogP contribution in [-0.4, -0.2) is 23.0 Å². The Kier molecular flexibility index (Phi) is 4.63. The summed E-state index contributed by atoms with van der Waals surface area (Å²) in [6.07, 6.45) is 2.08. The molecular weight excluding hydrogens is 256 g/mol. The van der Waals surface area contributed by atoms with Crippen molar-refractivity contribution in [2.24, 2.45) is 5.92 Å². The third-order valence-electron chi connectivity index (χ3n) is 3.75. The van der Waals surface area contributed by atoms with E-state index in [1.165, 1.54) is 11.1 Å². The van der Waals surface area contributed by atoms with E-state index in [0.717, 1.165) is 19.4 Å². The average molecular weight is 280 g/mol. The van der Waals surface area contributed by atoms with E-state index < -0.39 is 0 Å². The Morgan fingerprint density at radius 2 is 2.16 bits per heavy atom. The summed E-state index contributed by atoms with van der Waals surface area (Å²) < 4.78 is 0. The topological polar surface area (TPSA) is 32.3 Å². The molecular formula is C15H24N2OS. The molecule has 2 rings (SSSR count). The van der Waals surface area contributed by atoms with Crippen LogP contribution in [0.25, 0.3) is 0 Å². The molecule has 19 heavy (non-hydrogen) atoms. The molecule has 1 aliphatic rings. The number of thiophene rings is 1. The molecule has 0 spiro atoms. The third kappa shape index (κ3) is 3.18. The summed E-state index contributed by atoms with van der Waals surface area (Å²) in [6, 6.07) is 0.00360. The van der Waals surface area contributed by atoms with Crippen molar-refractivity contribution in [1.82, 2.24) is 10.2 Å². The Morgan fingerprint density at radius 1 is 1.42 bits per heavy atom. The molecule has 3 nitrogen and oxygen atoms in total. The molecule has 106 valence electrons. The van der Waals surface area contributed by atoms with Gasteiger partial charge in [0.05, 0.1) is 12.2 Å². The normalized spacial score (nSPS) is 23.6. The van der Waals surface area contributed by atoms with Gasteiger partial charge in [-0.3, -0.25) is 10.1 Å². The lowest BCUT2D eigenvalue weighted by Crippen LogP contribution is -2.36. The number of amides is 1. The predicted octanol–water partition coefficient (Wildman–Crippen LogP) is 3.14. The largest absolute Gasteiger partial charge is 0.321 e. The van der Waals surface area contributed by atoms with Gasteiger partial charge in [-0.2, -0.15) is 11.3 Å². The number of nitrogens with one attached hydrogen (secondary N) is 1. The number of nitrogens with zero attached hydrogens (tertiary/aromatic N) is 1. The second-order valence-corrected chi connectivity index (χ2v) is 6.56. The van der Waals surface area contributed by atoms with Crippen LogP contribution < -0.4 is 5.32 Å². The summed E-state index contributed by atoms with van der Waals surface area (Å²) >= 11 is 1.71. The number of carbonyl (C=O) groups is 1. The van der Waals surface area contributed by atoms with Gasteiger partial charge in [0.2, 0.25) is 5.91 Å². The zero-order chi connectivity index (χ0) is 14.0. The predicted molar refractivity (Wildman–Crippen MR) is 80.1 cm³/mol. The summed E-state index contributed by atoms with van der Waals surface area (Å²) in [6.45, 7) is 9.33. The Balaban J connectivity index is 2.10. The van der Waals surface area contributed by atoms with Crippen molar-refractivity contribution >= 4 is 17.2 Å². The number of aryl methyl sites for hydroxylation is 1. The first-order chi connectivity index (χ1) is 9.02. The van der Waals surface area contributed by atoms with Crippen molar-refractivity contribution < 1.29 is 4.79 Å². The van der Waals surface area contributed by atoms with Gasteiger partial charge in [-0.1, -0.05) is 20.8 Å². The van der Waals surface area contributed by atoms with Gasteiger partial charge in [-0.05, 0) is 47.6 Å². The molecule has 0 saturated carbocycles. The monoisotopic (exact) mass is 280 g/mol. The van der Waals surface area contributed by atoms with Crippen molar-refractivity contribution in [3.05, 3.63) is 21.9 Å². The maximum absolute atomic E-state index is 12.5. The number of rotatable bonds is 5. The van der Waals surface area contributed by atoms with Crippen LogP contribution in [-0.2, 0) is 11.3 Å². The fourth-order valence-electron chi connectivity index (χ4n) is 2.65. The van der Waals surface area contributed by atoms with Gasteiger partial charge in [0.25, 0.3) is 0 Å². The smallest absolute Gasteiger partial charge is 0.241 e. The van der Waals surface area contributed by atoms with E-state index in [1.54, 1.807) is 11.3 Å². The van der Waals surface area contributed by atoms with Crippen LogP contribution in [0.5, 0.6) is 0 Å². The van der Waals surface area contributed by atoms with Crippen LogP contribution in [0.1, 0.15) is 44.7 Å². The van der Waals surface area contributed by atoms with Crippen LogP contribution in [0.2, 0.25) is 0 Å². The summed E-state index contributed by atoms with van der Waals surface area (Å²) in [5, 5.41) is 7.79. The van der Waals surface area contributed by atoms with E-state index in [9.17, 15) is 4.79 Å². The lowest BCUT2D eigenvalue weighted by molar-refractivity contribution is -0.130. The number of carbonyl (C=O) groups excluding carboxylic acids is 1. The van der Waals surface area contributed by atoms with Crippen molar-refractivity contribution in [3.8, 4) is 0 Å². The molecule has 1 fully saturated rings. The fraction of sp³-hybridized carbons (Fsp3) is 0.667. The fourth-order valence-corrected chi connectivity index (χ4v) is 3.49. The molecule has 1 aliphatic heterocycles. The van der Waals surface area contributed by atoms with Gasteiger partial charge in [-0.15, -0.1) is 0 Å². The molecule has 0 aromatic carbocycles. The summed E-state index contributed by atoms with van der Waals surface area (Å²) in [5.41, 5.74) is 2.57. The standard InChI is InChI=1S/C15H24N2OS/c1-5-14-16-13(6-10(2)3)15(18)17(14)7-12-9-19-8-11(12)4/h8-10,13-14,16H,5-7H2,1-4H3. The van der Waals surface area contributed by atoms with E-state index in [-0.39, 0.29) is 18.1 Å². The minimum Gasteiger partial charge on any atom is -0.321 e. The van der Waals surface area contributed by atoms with Gasteiger partial charge >= 0.3 is 0 Å². The zero-order valence-electron chi connectivity index (χ0n) is 12.3. The molecule has 0 radical (unpaired) electrons. The van der Waals surface area contributed by atoms with E-state index in [0.29, 0.717) is 5.92 Å². The van der Waals surface area contributed by atoms with Gasteiger partial charge in [-0.25, -0.2) is 0 Å². The second kappa shape index (κ2) is 6.06. The van der Waals surface area contributed by atoms with Crippen LogP contribution in [0.15, 0.2) is 10.8 Å². The molecule has 2 unspecified atom stereocenters. The maximum atomic E-state index is 12.5. The highest BCUT2D eigenvalue weighted by Gasteiger charge is 2.37. The van der Waals surface area contributed by atoms with Crippen molar-refractivity contribution in [3.63, 3.8) is 0 Å². The highest BCUT2D eigenvalue weighted by Crippen LogP contribution is 2.23. The maximum Gasteiger partial charge on any atom is 0.241 e. The van der Waals surface area contributed by atoms with Crippen molar-refractivity contribution in [1.29, 1.82) is 0 Å². The van der Waals surface area contributed by atoms with Crippen molar-refractivity contribution in [2.75, 3.05) is 0 Å². The van der Waals surface area contributed by atoms with Gasteiger partial charge in [0.15, 0.2) is 0 Å². The Hall–Kier alpha value is -0.870. The van der Waals surface area contributed by atoms with E-state index in [4.69, 9.17) is 0 Å². The SMILES string of the molecule is CCC1NC(CC(C)C)C(=O)N1Cc1cscc1C. The Labute approximate surface area is 120 Å². The molecule has 1 N–H and O–H groups in total. The molecule has 2 atom stereocenters. The van der Waals surface area contributed by atoms with Crippen LogP contribution in [0.3, 0.4) is 0 Å². The van der Waals surface area contributed by atoms with E-state index >= 15 is 0 Å². The number of hydrogen-bond acceptors (Lipinski definition) is 3. The minimum absolute atomic E-state index is 0.00360. The summed E-state index contributed by atoms with van der Waals surface area (Å²) in [7, 11) is 0. The first-order valence-electron chi connectivity index (χ1n) is 7.11. The molecule has 0 bridgehead atoms. The third-order valence-corrected chi connectivity index (χ3v) is 4.66. The highest BCUT2D eigenvalue weighted by molar-refractivity contribution is 7.08. The first kappa shape index (κ1) is 14.5. The van der Waals surface area contributed by atoms with E-state index in [2.05, 4.69) is 43.8 Å². The molecule has 1 aromatic rings. The minimum atomic E-state index is 0.00360. The lowest BCUT2D eigenvalue weighted by atomic mass is 10.0. The molecule has 1 amide bonds. The van der Waals surface area contributed by atoms with Crippen LogP contribution >= 0.6 is 11.3 Å². The molecule has 2 heterocycles. The molecule has 1 aromatic heterocycles. The van der Waals surface area contributed by atoms with Gasteiger partial charge < -0.3 is 4.90 Å². The van der Waals surface area contributed by atoms with Gasteiger partial charge in [0.1, 0.15) is 0 Å². The van der Waals surface area contributed by atoms with Crippen LogP contribution in [0, 0.1) is 12.8 Å². The molecule has 4 heteroatoms. The van der Waals surface area contributed by atoms with E-state index in [1.807, 2.05) is 4.90 Å². The Morgan fingerprint density at radius 3 is 2.68 bits per heavy atom. The lowest BCUT2D eigenvalue weighted by Gasteiger charge is -2.23. The average Bonchev–Trinajstić information content (AvgIpc) is 2.87. The quantitative estimate of drug-likeness (QED) is 0.898. The van der Waals surface area contributed by atoms with Gasteiger partial charge in [0, 0.05) is 6.54 Å². The number of hydrogen-bond donors (Lipinski definition) is 1. The summed E-state index contributed by atoms with van der Waals surface area (Å²) in [5.74, 6) is 0.813. The van der Waals surface area contributed by atoms with Crippen LogP contribution in [0.4, 0.5) is 0 Å². The zero-order valence-corrected chi connectivity index (χ0v) is 13.1. The summed E-state index contributed by atoms with van der Waals surface area (Å²) in [4.78, 5) is 14.5. The first-order valence-corrected chi connectivity index (χ1v) is 8.05.